The van der Waals surface area contributed by atoms with E-state index in [1.54, 1.807) is 0 Å². The number of hydrogen-bond acceptors (Lipinski definition) is 4. The van der Waals surface area contributed by atoms with Gasteiger partial charge in [-0.05, 0) is 13.0 Å². The molecule has 16 heavy (non-hydrogen) atoms. The molecule has 0 saturated heterocycles. The standard InChI is InChI=1S/C10H14N2O4/c1-6(15)7-2-9(11-3-7)10(16)12-8(4-13)5-14/h2-3,8,11,13-14H,4-5H2,1H3,(H,12,16). The van der Waals surface area contributed by atoms with E-state index < -0.39 is 11.9 Å². The van der Waals surface area contributed by atoms with Crippen molar-refractivity contribution in [3.8, 4) is 0 Å². The Balaban J connectivity index is 2.69. The molecule has 1 aromatic heterocycles. The van der Waals surface area contributed by atoms with E-state index in [0.29, 0.717) is 5.56 Å². The molecule has 1 heterocycles. The van der Waals surface area contributed by atoms with Crippen molar-refractivity contribution >= 4 is 11.7 Å². The summed E-state index contributed by atoms with van der Waals surface area (Å²) in [4.78, 5) is 25.2. The molecular weight excluding hydrogens is 212 g/mol. The highest BCUT2D eigenvalue weighted by molar-refractivity contribution is 5.99. The van der Waals surface area contributed by atoms with Gasteiger partial charge in [-0.15, -0.1) is 0 Å². The first-order valence-electron chi connectivity index (χ1n) is 4.80. The van der Waals surface area contributed by atoms with E-state index in [1.807, 2.05) is 0 Å². The van der Waals surface area contributed by atoms with Crippen molar-refractivity contribution in [1.82, 2.24) is 10.3 Å². The van der Waals surface area contributed by atoms with E-state index in [4.69, 9.17) is 10.2 Å². The van der Waals surface area contributed by atoms with Gasteiger partial charge in [0.2, 0.25) is 0 Å². The number of rotatable bonds is 5. The van der Waals surface area contributed by atoms with Gasteiger partial charge in [0, 0.05) is 11.8 Å². The number of aromatic nitrogens is 1. The Labute approximate surface area is 92.3 Å². The topological polar surface area (TPSA) is 102 Å². The Bertz CT molecular complexity index is 382. The smallest absolute Gasteiger partial charge is 0.268 e. The van der Waals surface area contributed by atoms with E-state index in [9.17, 15) is 9.59 Å². The highest BCUT2D eigenvalue weighted by Crippen LogP contribution is 2.04. The number of Topliss-reactive ketones (excluding diaryl/α,β-unsaturated/α-hetero) is 1. The number of carbonyl (C=O) groups excluding carboxylic acids is 2. The number of H-pyrrole nitrogens is 1. The van der Waals surface area contributed by atoms with Crippen molar-refractivity contribution in [3.63, 3.8) is 0 Å². The number of aromatic amines is 1. The molecular formula is C10H14N2O4. The monoisotopic (exact) mass is 226 g/mol. The molecule has 6 nitrogen and oxygen atoms in total. The second-order valence-corrected chi connectivity index (χ2v) is 3.39. The summed E-state index contributed by atoms with van der Waals surface area (Å²) in [6.45, 7) is 0.708. The fourth-order valence-electron chi connectivity index (χ4n) is 1.14. The van der Waals surface area contributed by atoms with E-state index in [-0.39, 0.29) is 24.7 Å². The van der Waals surface area contributed by atoms with Crippen LogP contribution in [0, 0.1) is 0 Å². The molecule has 0 bridgehead atoms. The SMILES string of the molecule is CC(=O)c1c[nH]c(C(=O)NC(CO)CO)c1. The first-order chi connectivity index (χ1) is 7.58. The first kappa shape index (κ1) is 12.4. The Morgan fingerprint density at radius 2 is 2.06 bits per heavy atom. The molecule has 0 aliphatic rings. The van der Waals surface area contributed by atoms with Gasteiger partial charge in [-0.25, -0.2) is 0 Å². The lowest BCUT2D eigenvalue weighted by Gasteiger charge is -2.11. The summed E-state index contributed by atoms with van der Waals surface area (Å²) in [5, 5.41) is 20.0. The molecule has 0 fully saturated rings. The van der Waals surface area contributed by atoms with Gasteiger partial charge in [0.25, 0.3) is 5.91 Å². The van der Waals surface area contributed by atoms with Gasteiger partial charge >= 0.3 is 0 Å². The summed E-state index contributed by atoms with van der Waals surface area (Å²) in [5.74, 6) is -0.614. The zero-order valence-corrected chi connectivity index (χ0v) is 8.86. The van der Waals surface area contributed by atoms with Crippen LogP contribution in [0.15, 0.2) is 12.3 Å². The minimum Gasteiger partial charge on any atom is -0.394 e. The number of carbonyl (C=O) groups is 2. The van der Waals surface area contributed by atoms with Crippen molar-refractivity contribution in [1.29, 1.82) is 0 Å². The summed E-state index contributed by atoms with van der Waals surface area (Å²) >= 11 is 0. The van der Waals surface area contributed by atoms with E-state index in [1.165, 1.54) is 19.2 Å². The van der Waals surface area contributed by atoms with Crippen molar-refractivity contribution in [2.24, 2.45) is 0 Å². The lowest BCUT2D eigenvalue weighted by Crippen LogP contribution is -2.40. The van der Waals surface area contributed by atoms with Gasteiger partial charge in [-0.2, -0.15) is 0 Å². The highest BCUT2D eigenvalue weighted by Gasteiger charge is 2.14. The van der Waals surface area contributed by atoms with Gasteiger partial charge in [0.05, 0.1) is 19.3 Å². The Kier molecular flexibility index (Phi) is 4.21. The third-order valence-electron chi connectivity index (χ3n) is 2.11. The lowest BCUT2D eigenvalue weighted by molar-refractivity contribution is 0.0875. The van der Waals surface area contributed by atoms with Crippen LogP contribution in [0.5, 0.6) is 0 Å². The largest absolute Gasteiger partial charge is 0.394 e. The van der Waals surface area contributed by atoms with Gasteiger partial charge in [0.15, 0.2) is 5.78 Å². The molecule has 0 aliphatic heterocycles. The molecule has 0 aromatic carbocycles. The maximum Gasteiger partial charge on any atom is 0.268 e. The molecule has 0 saturated carbocycles. The van der Waals surface area contributed by atoms with Crippen LogP contribution in [-0.4, -0.2) is 46.1 Å². The van der Waals surface area contributed by atoms with Gasteiger partial charge in [0.1, 0.15) is 5.69 Å². The zero-order valence-electron chi connectivity index (χ0n) is 8.86. The lowest BCUT2D eigenvalue weighted by atomic mass is 10.2. The third kappa shape index (κ3) is 2.91. The number of nitrogens with one attached hydrogen (secondary N) is 2. The minimum absolute atomic E-state index is 0.142. The molecule has 0 atom stereocenters. The van der Waals surface area contributed by atoms with Crippen LogP contribution in [0.4, 0.5) is 0 Å². The van der Waals surface area contributed by atoms with Gasteiger partial charge < -0.3 is 20.5 Å². The number of aliphatic hydroxyl groups is 2. The van der Waals surface area contributed by atoms with Crippen LogP contribution in [0.3, 0.4) is 0 Å². The number of aliphatic hydroxyl groups excluding tert-OH is 2. The summed E-state index contributed by atoms with van der Waals surface area (Å²) in [5.41, 5.74) is 0.631. The van der Waals surface area contributed by atoms with Crippen LogP contribution < -0.4 is 5.32 Å². The third-order valence-corrected chi connectivity index (χ3v) is 2.11. The molecule has 0 aliphatic carbocycles. The molecule has 1 rings (SSSR count). The van der Waals surface area contributed by atoms with Crippen LogP contribution in [-0.2, 0) is 0 Å². The zero-order chi connectivity index (χ0) is 12.1. The minimum atomic E-state index is -0.698. The Morgan fingerprint density at radius 1 is 1.44 bits per heavy atom. The average Bonchev–Trinajstić information content (AvgIpc) is 2.74. The summed E-state index contributed by atoms with van der Waals surface area (Å²) in [7, 11) is 0. The predicted octanol–water partition coefficient (Wildman–Crippen LogP) is -0.700. The average molecular weight is 226 g/mol. The van der Waals surface area contributed by atoms with Gasteiger partial charge in [-0.1, -0.05) is 0 Å². The molecule has 1 aromatic rings. The van der Waals surface area contributed by atoms with E-state index >= 15 is 0 Å². The molecule has 6 heteroatoms. The van der Waals surface area contributed by atoms with Crippen molar-refractivity contribution in [2.45, 2.75) is 13.0 Å². The van der Waals surface area contributed by atoms with E-state index in [2.05, 4.69) is 10.3 Å². The summed E-state index contributed by atoms with van der Waals surface area (Å²) in [6, 6.07) is 0.723. The van der Waals surface area contributed by atoms with Crippen LogP contribution in [0.2, 0.25) is 0 Å². The van der Waals surface area contributed by atoms with E-state index in [0.717, 1.165) is 0 Å². The molecule has 1 amide bonds. The fourth-order valence-corrected chi connectivity index (χ4v) is 1.14. The maximum atomic E-state index is 11.5. The second-order valence-electron chi connectivity index (χ2n) is 3.39. The Hall–Kier alpha value is -1.66. The van der Waals surface area contributed by atoms with Crippen LogP contribution >= 0.6 is 0 Å². The molecule has 0 unspecified atom stereocenters. The summed E-state index contributed by atoms with van der Waals surface area (Å²) < 4.78 is 0. The molecule has 0 radical (unpaired) electrons. The molecule has 4 N–H and O–H groups in total. The first-order valence-corrected chi connectivity index (χ1v) is 4.80. The number of amides is 1. The van der Waals surface area contributed by atoms with Crippen molar-refractivity contribution in [2.75, 3.05) is 13.2 Å². The van der Waals surface area contributed by atoms with Crippen LogP contribution in [0.25, 0.3) is 0 Å². The molecule has 88 valence electrons. The van der Waals surface area contributed by atoms with Crippen molar-refractivity contribution < 1.29 is 19.8 Å². The summed E-state index contributed by atoms with van der Waals surface area (Å²) in [6.07, 6.45) is 1.43. The maximum absolute atomic E-state index is 11.5. The van der Waals surface area contributed by atoms with Crippen LogP contribution in [0.1, 0.15) is 27.8 Å². The quantitative estimate of drug-likeness (QED) is 0.498. The number of hydrogen-bond donors (Lipinski definition) is 4. The van der Waals surface area contributed by atoms with Gasteiger partial charge in [-0.3, -0.25) is 9.59 Å². The normalized spacial score (nSPS) is 10.5. The molecule has 0 spiro atoms. The second kappa shape index (κ2) is 5.43. The predicted molar refractivity (Wildman–Crippen MR) is 56.2 cm³/mol. The van der Waals surface area contributed by atoms with Crippen molar-refractivity contribution in [3.05, 3.63) is 23.5 Å². The number of ketones is 1. The Morgan fingerprint density at radius 3 is 2.50 bits per heavy atom. The highest BCUT2D eigenvalue weighted by atomic mass is 16.3. The fraction of sp³-hybridized carbons (Fsp3) is 0.400.